The molecule has 2 aromatic carbocycles. The second-order valence-corrected chi connectivity index (χ2v) is 8.53. The van der Waals surface area contributed by atoms with Crippen molar-refractivity contribution in [3.05, 3.63) is 48.5 Å². The summed E-state index contributed by atoms with van der Waals surface area (Å²) in [5.41, 5.74) is 3.80. The van der Waals surface area contributed by atoms with Gasteiger partial charge in [0.15, 0.2) is 0 Å². The van der Waals surface area contributed by atoms with Crippen LogP contribution in [0.2, 0.25) is 0 Å². The first-order valence-electron chi connectivity index (χ1n) is 10.4. The van der Waals surface area contributed by atoms with Gasteiger partial charge in [0.1, 0.15) is 5.60 Å². The van der Waals surface area contributed by atoms with Gasteiger partial charge in [-0.05, 0) is 57.2 Å². The molecule has 0 radical (unpaired) electrons. The number of anilines is 4. The zero-order valence-corrected chi connectivity index (χ0v) is 17.5. The molecule has 1 saturated heterocycles. The smallest absolute Gasteiger partial charge is 0.414 e. The highest BCUT2D eigenvalue weighted by Crippen LogP contribution is 2.38. The first kappa shape index (κ1) is 19.6. The van der Waals surface area contributed by atoms with E-state index in [4.69, 9.17) is 4.74 Å². The van der Waals surface area contributed by atoms with Crippen molar-refractivity contribution in [3.63, 3.8) is 0 Å². The quantitative estimate of drug-likeness (QED) is 0.835. The molecule has 154 valence electrons. The Hall–Kier alpha value is -2.73. The number of fused-ring (bicyclic) bond motifs is 1. The van der Waals surface area contributed by atoms with E-state index in [2.05, 4.69) is 45.4 Å². The van der Waals surface area contributed by atoms with Gasteiger partial charge >= 0.3 is 6.09 Å². The van der Waals surface area contributed by atoms with Gasteiger partial charge in [0.25, 0.3) is 0 Å². The molecule has 0 saturated carbocycles. The summed E-state index contributed by atoms with van der Waals surface area (Å²) in [6, 6.07) is 16.8. The van der Waals surface area contributed by atoms with Crippen molar-refractivity contribution >= 4 is 28.8 Å². The number of amides is 1. The summed E-state index contributed by atoms with van der Waals surface area (Å²) in [6.07, 6.45) is -0.293. The number of nitrogens with zero attached hydrogens (tertiary/aromatic N) is 3. The minimum atomic E-state index is -0.511. The van der Waals surface area contributed by atoms with Gasteiger partial charge < -0.3 is 19.9 Å². The molecule has 0 bridgehead atoms. The van der Waals surface area contributed by atoms with E-state index in [0.29, 0.717) is 6.54 Å². The van der Waals surface area contributed by atoms with Crippen LogP contribution >= 0.6 is 0 Å². The first-order valence-corrected chi connectivity index (χ1v) is 10.4. The minimum absolute atomic E-state index is 0.293. The maximum Gasteiger partial charge on any atom is 0.414 e. The van der Waals surface area contributed by atoms with Gasteiger partial charge in [-0.2, -0.15) is 0 Å². The molecule has 2 aromatic rings. The number of rotatable bonds is 2. The lowest BCUT2D eigenvalue weighted by Crippen LogP contribution is -2.44. The zero-order valence-electron chi connectivity index (χ0n) is 17.5. The Balaban J connectivity index is 1.57. The Labute approximate surface area is 173 Å². The number of para-hydroxylation sites is 2. The number of carbonyl (C=O) groups excluding carboxylic acids is 1. The Kier molecular flexibility index (Phi) is 5.37. The molecule has 1 N–H and O–H groups in total. The van der Waals surface area contributed by atoms with Crippen molar-refractivity contribution in [1.29, 1.82) is 0 Å². The van der Waals surface area contributed by atoms with E-state index in [1.54, 1.807) is 4.90 Å². The number of ether oxygens (including phenoxy) is 1. The largest absolute Gasteiger partial charge is 0.443 e. The van der Waals surface area contributed by atoms with Crippen LogP contribution < -0.4 is 20.0 Å². The van der Waals surface area contributed by atoms with E-state index in [1.165, 1.54) is 5.69 Å². The van der Waals surface area contributed by atoms with Crippen LogP contribution in [0.4, 0.5) is 27.5 Å². The van der Waals surface area contributed by atoms with Crippen molar-refractivity contribution < 1.29 is 9.53 Å². The van der Waals surface area contributed by atoms with Crippen LogP contribution in [0.3, 0.4) is 0 Å². The molecule has 4 rings (SSSR count). The molecule has 2 heterocycles. The van der Waals surface area contributed by atoms with Gasteiger partial charge in [-0.1, -0.05) is 12.1 Å². The van der Waals surface area contributed by atoms with Crippen molar-refractivity contribution in [1.82, 2.24) is 5.32 Å². The summed E-state index contributed by atoms with van der Waals surface area (Å²) in [6.45, 7) is 11.1. The van der Waals surface area contributed by atoms with Crippen molar-refractivity contribution in [2.24, 2.45) is 0 Å². The van der Waals surface area contributed by atoms with Gasteiger partial charge in [0.2, 0.25) is 0 Å². The molecule has 6 heteroatoms. The van der Waals surface area contributed by atoms with Crippen LogP contribution in [0.1, 0.15) is 20.8 Å². The van der Waals surface area contributed by atoms with Gasteiger partial charge in [0, 0.05) is 50.6 Å². The second-order valence-electron chi connectivity index (χ2n) is 8.53. The van der Waals surface area contributed by atoms with Crippen molar-refractivity contribution in [2.75, 3.05) is 54.0 Å². The summed E-state index contributed by atoms with van der Waals surface area (Å²) < 4.78 is 5.62. The molecule has 0 atom stereocenters. The van der Waals surface area contributed by atoms with E-state index < -0.39 is 5.60 Å². The molecule has 0 aliphatic carbocycles. The normalized spacial score (nSPS) is 17.1. The van der Waals surface area contributed by atoms with E-state index in [-0.39, 0.29) is 6.09 Å². The van der Waals surface area contributed by atoms with Crippen LogP contribution in [0, 0.1) is 0 Å². The Bertz CT molecular complexity index is 854. The van der Waals surface area contributed by atoms with Crippen LogP contribution in [0.5, 0.6) is 0 Å². The molecular weight excluding hydrogens is 364 g/mol. The van der Waals surface area contributed by atoms with Crippen LogP contribution in [0.25, 0.3) is 0 Å². The lowest BCUT2D eigenvalue weighted by Gasteiger charge is -2.38. The molecule has 2 aliphatic rings. The predicted octanol–water partition coefficient (Wildman–Crippen LogP) is 3.99. The fourth-order valence-corrected chi connectivity index (χ4v) is 3.90. The van der Waals surface area contributed by atoms with Gasteiger partial charge in [-0.25, -0.2) is 4.79 Å². The average molecular weight is 395 g/mol. The lowest BCUT2D eigenvalue weighted by molar-refractivity contribution is 0.0580. The highest BCUT2D eigenvalue weighted by Gasteiger charge is 2.30. The maximum atomic E-state index is 12.7. The Morgan fingerprint density at radius 2 is 1.48 bits per heavy atom. The number of carbonyl (C=O) groups is 1. The molecule has 1 fully saturated rings. The zero-order chi connectivity index (χ0) is 20.4. The fraction of sp³-hybridized carbons (Fsp3) is 0.435. The molecule has 29 heavy (non-hydrogen) atoms. The molecule has 0 aromatic heterocycles. The van der Waals surface area contributed by atoms with E-state index in [1.807, 2.05) is 39.0 Å². The first-order chi connectivity index (χ1) is 13.9. The third-order valence-corrected chi connectivity index (χ3v) is 5.27. The minimum Gasteiger partial charge on any atom is -0.443 e. The number of nitrogens with one attached hydrogen (secondary N) is 1. The van der Waals surface area contributed by atoms with Crippen molar-refractivity contribution in [3.8, 4) is 0 Å². The highest BCUT2D eigenvalue weighted by molar-refractivity contribution is 5.95. The summed E-state index contributed by atoms with van der Waals surface area (Å²) in [5, 5.41) is 3.39. The number of hydrogen-bond donors (Lipinski definition) is 1. The lowest BCUT2D eigenvalue weighted by atomic mass is 10.1. The molecule has 1 amide bonds. The number of hydrogen-bond acceptors (Lipinski definition) is 5. The fourth-order valence-electron chi connectivity index (χ4n) is 3.90. The molecule has 6 nitrogen and oxygen atoms in total. The third kappa shape index (κ3) is 4.32. The topological polar surface area (TPSA) is 48.1 Å². The van der Waals surface area contributed by atoms with E-state index in [9.17, 15) is 4.79 Å². The van der Waals surface area contributed by atoms with Crippen molar-refractivity contribution in [2.45, 2.75) is 26.4 Å². The monoisotopic (exact) mass is 394 g/mol. The molecule has 0 spiro atoms. The van der Waals surface area contributed by atoms with E-state index in [0.717, 1.165) is 49.8 Å². The Morgan fingerprint density at radius 1 is 0.862 bits per heavy atom. The Morgan fingerprint density at radius 3 is 2.14 bits per heavy atom. The van der Waals surface area contributed by atoms with Crippen LogP contribution in [-0.2, 0) is 4.74 Å². The molecule has 0 unspecified atom stereocenters. The van der Waals surface area contributed by atoms with Gasteiger partial charge in [-0.3, -0.25) is 4.90 Å². The molecule has 2 aliphatic heterocycles. The number of piperazine rings is 1. The number of benzene rings is 2. The second kappa shape index (κ2) is 7.95. The highest BCUT2D eigenvalue weighted by atomic mass is 16.6. The average Bonchev–Trinajstić information content (AvgIpc) is 2.72. The van der Waals surface area contributed by atoms with Crippen LogP contribution in [0.15, 0.2) is 48.5 Å². The maximum absolute atomic E-state index is 12.7. The summed E-state index contributed by atoms with van der Waals surface area (Å²) in [7, 11) is 0. The van der Waals surface area contributed by atoms with Gasteiger partial charge in [-0.15, -0.1) is 0 Å². The predicted molar refractivity (Wildman–Crippen MR) is 119 cm³/mol. The van der Waals surface area contributed by atoms with E-state index >= 15 is 0 Å². The van der Waals surface area contributed by atoms with Crippen LogP contribution in [-0.4, -0.2) is 51.0 Å². The third-order valence-electron chi connectivity index (χ3n) is 5.27. The summed E-state index contributed by atoms with van der Waals surface area (Å²) in [5.74, 6) is 0. The summed E-state index contributed by atoms with van der Waals surface area (Å²) >= 11 is 0. The molecular formula is C23H30N4O2. The summed E-state index contributed by atoms with van der Waals surface area (Å²) in [4.78, 5) is 19.1. The van der Waals surface area contributed by atoms with Gasteiger partial charge in [0.05, 0.1) is 11.4 Å². The standard InChI is InChI=1S/C23H30N4O2/c1-23(2,3)29-22(28)27-17-16-26(20-6-4-5-7-21(20)27)19-10-8-18(9-11-19)25-14-12-24-13-15-25/h4-11,24H,12-17H2,1-3H3. The SMILES string of the molecule is CC(C)(C)OC(=O)N1CCN(c2ccc(N3CCNCC3)cc2)c2ccccc21.